The fraction of sp³-hybridized carbons (Fsp3) is 0.182. The van der Waals surface area contributed by atoms with Gasteiger partial charge in [0.15, 0.2) is 5.54 Å². The number of ether oxygens (including phenoxy) is 1. The normalized spacial score (nSPS) is 18.5. The number of β-lactam (4-membered cyclic amide) rings is 1. The van der Waals surface area contributed by atoms with Crippen molar-refractivity contribution in [3.8, 4) is 16.9 Å². The lowest BCUT2D eigenvalue weighted by Gasteiger charge is -2.48. The Kier molecular flexibility index (Phi) is 4.39. The number of fused-ring (bicyclic) bond motifs is 1. The molecule has 1 N–H and O–H groups in total. The largest absolute Gasteiger partial charge is 0.497 e. The summed E-state index contributed by atoms with van der Waals surface area (Å²) < 4.78 is 10.2. The highest BCUT2D eigenvalue weighted by molar-refractivity contribution is 6.09. The molecule has 5 rings (SSSR count). The quantitative estimate of drug-likeness (QED) is 0.555. The van der Waals surface area contributed by atoms with Crippen molar-refractivity contribution in [3.63, 3.8) is 0 Å². The monoisotopic (exact) mass is 376 g/mol. The van der Waals surface area contributed by atoms with E-state index in [1.807, 2.05) is 12.1 Å². The van der Waals surface area contributed by atoms with Crippen LogP contribution in [0.3, 0.4) is 0 Å². The Bertz CT molecular complexity index is 994. The number of carbonyl (C=O) groups is 2. The molecule has 1 atom stereocenters. The number of furan rings is 1. The first kappa shape index (κ1) is 17.9. The summed E-state index contributed by atoms with van der Waals surface area (Å²) in [6.45, 7) is 1.75. The fourth-order valence-corrected chi connectivity index (χ4v) is 3.35. The molecule has 1 unspecified atom stereocenters. The lowest BCUT2D eigenvalue weighted by molar-refractivity contribution is -0.136. The maximum absolute atomic E-state index is 12.7. The predicted octanol–water partition coefficient (Wildman–Crippen LogP) is 3.33. The van der Waals surface area contributed by atoms with Gasteiger partial charge in [-0.3, -0.25) is 9.59 Å². The van der Waals surface area contributed by atoms with E-state index in [1.54, 1.807) is 30.2 Å². The SMILES string of the molecule is COc1ccc(N2CC(NC(C)=O)(c3ccoc3)C2=O)cc1.c1cc2cc-2c1. The summed E-state index contributed by atoms with van der Waals surface area (Å²) in [4.78, 5) is 25.8. The molecule has 142 valence electrons. The molecule has 6 heteroatoms. The lowest BCUT2D eigenvalue weighted by atomic mass is 9.82. The van der Waals surface area contributed by atoms with E-state index in [1.165, 1.54) is 30.6 Å². The molecule has 6 nitrogen and oxygen atoms in total. The van der Waals surface area contributed by atoms with Crippen LogP contribution in [0.2, 0.25) is 0 Å². The molecule has 2 heterocycles. The van der Waals surface area contributed by atoms with Gasteiger partial charge in [0, 0.05) is 18.2 Å². The first-order valence-electron chi connectivity index (χ1n) is 8.91. The minimum Gasteiger partial charge on any atom is -0.497 e. The van der Waals surface area contributed by atoms with Gasteiger partial charge in [0.2, 0.25) is 5.91 Å². The number of nitrogens with one attached hydrogen (secondary N) is 1. The van der Waals surface area contributed by atoms with Gasteiger partial charge < -0.3 is 19.4 Å². The molecule has 1 saturated heterocycles. The van der Waals surface area contributed by atoms with Crippen LogP contribution < -0.4 is 15.0 Å². The Morgan fingerprint density at radius 2 is 1.86 bits per heavy atom. The van der Waals surface area contributed by atoms with Crippen molar-refractivity contribution >= 4 is 17.5 Å². The molecule has 1 fully saturated rings. The standard InChI is InChI=1S/C16H16N2O4.C6H4/c1-11(19)17-16(12-7-8-22-9-12)10-18(15(16)20)13-3-5-14(21-2)6-4-13;1-2-5-4-6(5)3-1/h3-9H,10H2,1-2H3,(H,17,19);1-4H. The molecule has 0 bridgehead atoms. The number of hydrogen-bond acceptors (Lipinski definition) is 4. The van der Waals surface area contributed by atoms with Gasteiger partial charge in [-0.05, 0) is 47.5 Å². The van der Waals surface area contributed by atoms with Crippen molar-refractivity contribution in [2.24, 2.45) is 0 Å². The summed E-state index contributed by atoms with van der Waals surface area (Å²) in [5.41, 5.74) is 3.22. The summed E-state index contributed by atoms with van der Waals surface area (Å²) in [7, 11) is 1.59. The molecule has 2 amide bonds. The molecular weight excluding hydrogens is 356 g/mol. The van der Waals surface area contributed by atoms with E-state index in [2.05, 4.69) is 29.6 Å². The molecule has 28 heavy (non-hydrogen) atoms. The van der Waals surface area contributed by atoms with Crippen molar-refractivity contribution in [2.75, 3.05) is 18.6 Å². The highest BCUT2D eigenvalue weighted by Crippen LogP contribution is 2.37. The third-order valence-corrected chi connectivity index (χ3v) is 4.91. The zero-order chi connectivity index (χ0) is 19.7. The van der Waals surface area contributed by atoms with Gasteiger partial charge in [-0.15, -0.1) is 0 Å². The van der Waals surface area contributed by atoms with E-state index in [4.69, 9.17) is 9.15 Å². The summed E-state index contributed by atoms with van der Waals surface area (Å²) in [5, 5.41) is 2.75. The average molecular weight is 376 g/mol. The number of hydrogen-bond donors (Lipinski definition) is 1. The second kappa shape index (κ2) is 6.88. The minimum absolute atomic E-state index is 0.186. The lowest BCUT2D eigenvalue weighted by Crippen LogP contribution is -2.72. The Morgan fingerprint density at radius 1 is 1.14 bits per heavy atom. The predicted molar refractivity (Wildman–Crippen MR) is 105 cm³/mol. The van der Waals surface area contributed by atoms with Gasteiger partial charge in [0.05, 0.1) is 26.2 Å². The van der Waals surface area contributed by atoms with Gasteiger partial charge in [-0.25, -0.2) is 0 Å². The van der Waals surface area contributed by atoms with Crippen molar-refractivity contribution in [3.05, 3.63) is 72.7 Å². The van der Waals surface area contributed by atoms with Crippen LogP contribution in [0, 0.1) is 0 Å². The van der Waals surface area contributed by atoms with Crippen LogP contribution in [0.1, 0.15) is 12.5 Å². The zero-order valence-corrected chi connectivity index (χ0v) is 15.6. The molecule has 1 aromatic heterocycles. The van der Waals surface area contributed by atoms with Crippen LogP contribution >= 0.6 is 0 Å². The molecular formula is C22H20N2O4. The second-order valence-electron chi connectivity index (χ2n) is 6.77. The number of carbonyl (C=O) groups excluding carboxylic acids is 2. The maximum atomic E-state index is 12.7. The number of nitrogens with zero attached hydrogens (tertiary/aromatic N) is 1. The van der Waals surface area contributed by atoms with Crippen LogP contribution in [-0.2, 0) is 15.1 Å². The van der Waals surface area contributed by atoms with Gasteiger partial charge in [0.25, 0.3) is 5.91 Å². The molecule has 0 saturated carbocycles. The topological polar surface area (TPSA) is 71.8 Å². The molecule has 2 aromatic rings. The van der Waals surface area contributed by atoms with E-state index in [-0.39, 0.29) is 11.8 Å². The van der Waals surface area contributed by atoms with Gasteiger partial charge in [-0.2, -0.15) is 0 Å². The number of benzene rings is 2. The van der Waals surface area contributed by atoms with Crippen LogP contribution in [0.15, 0.2) is 71.5 Å². The Morgan fingerprint density at radius 3 is 2.29 bits per heavy atom. The van der Waals surface area contributed by atoms with E-state index in [0.717, 1.165) is 11.4 Å². The van der Waals surface area contributed by atoms with Crippen molar-refractivity contribution < 1.29 is 18.7 Å². The summed E-state index contributed by atoms with van der Waals surface area (Å²) in [6.07, 6.45) is 2.97. The van der Waals surface area contributed by atoms with Crippen LogP contribution in [-0.4, -0.2) is 25.5 Å². The Hall–Kier alpha value is -3.54. The van der Waals surface area contributed by atoms with Crippen LogP contribution in [0.25, 0.3) is 11.1 Å². The highest BCUT2D eigenvalue weighted by atomic mass is 16.5. The van der Waals surface area contributed by atoms with Gasteiger partial charge in [-0.1, -0.05) is 18.2 Å². The average Bonchev–Trinajstić information content (AvgIpc) is 3.09. The summed E-state index contributed by atoms with van der Waals surface area (Å²) in [5.74, 6) is 0.276. The summed E-state index contributed by atoms with van der Waals surface area (Å²) in [6, 6.07) is 17.4. The van der Waals surface area contributed by atoms with Gasteiger partial charge >= 0.3 is 0 Å². The first-order chi connectivity index (χ1) is 13.5. The molecule has 0 spiro atoms. The number of rotatable bonds is 4. The molecule has 1 aromatic carbocycles. The van der Waals surface area contributed by atoms with Crippen LogP contribution in [0.4, 0.5) is 5.69 Å². The zero-order valence-electron chi connectivity index (χ0n) is 15.6. The van der Waals surface area contributed by atoms with Crippen LogP contribution in [0.5, 0.6) is 5.75 Å². The number of methoxy groups -OCH3 is 1. The Labute approximate surface area is 162 Å². The molecule has 3 aliphatic rings. The number of amides is 2. The first-order valence-corrected chi connectivity index (χ1v) is 8.91. The van der Waals surface area contributed by atoms with E-state index in [0.29, 0.717) is 12.1 Å². The highest BCUT2D eigenvalue weighted by Gasteiger charge is 2.55. The van der Waals surface area contributed by atoms with Crippen molar-refractivity contribution in [1.29, 1.82) is 0 Å². The smallest absolute Gasteiger partial charge is 0.259 e. The minimum atomic E-state index is -1.04. The Balaban J connectivity index is 0.000000268. The fourth-order valence-electron chi connectivity index (χ4n) is 3.35. The van der Waals surface area contributed by atoms with E-state index in [9.17, 15) is 9.59 Å². The van der Waals surface area contributed by atoms with Crippen molar-refractivity contribution in [2.45, 2.75) is 12.5 Å². The van der Waals surface area contributed by atoms with E-state index >= 15 is 0 Å². The molecule has 1 aliphatic heterocycles. The number of anilines is 1. The third kappa shape index (κ3) is 3.13. The third-order valence-electron chi connectivity index (χ3n) is 4.91. The molecule has 0 radical (unpaired) electrons. The molecule has 2 aliphatic carbocycles. The maximum Gasteiger partial charge on any atom is 0.259 e. The summed E-state index contributed by atoms with van der Waals surface area (Å²) >= 11 is 0. The second-order valence-corrected chi connectivity index (χ2v) is 6.77. The van der Waals surface area contributed by atoms with Gasteiger partial charge in [0.1, 0.15) is 5.75 Å². The van der Waals surface area contributed by atoms with E-state index < -0.39 is 5.54 Å². The van der Waals surface area contributed by atoms with Crippen molar-refractivity contribution in [1.82, 2.24) is 5.32 Å².